The average Bonchev–Trinajstić information content (AvgIpc) is 2.56. The molecule has 1 aliphatic heterocycles. The van der Waals surface area contributed by atoms with Crippen molar-refractivity contribution in [2.75, 3.05) is 6.61 Å². The second-order valence-corrected chi connectivity index (χ2v) is 3.21. The zero-order valence-corrected chi connectivity index (χ0v) is 7.59. The molecule has 2 atom stereocenters. The van der Waals surface area contributed by atoms with Gasteiger partial charge in [-0.1, -0.05) is 0 Å². The number of hydrogen-bond donors (Lipinski definition) is 2. The van der Waals surface area contributed by atoms with E-state index in [4.69, 9.17) is 14.6 Å². The summed E-state index contributed by atoms with van der Waals surface area (Å²) in [5.74, 6) is 0.763. The Hall–Kier alpha value is -1.26. The summed E-state index contributed by atoms with van der Waals surface area (Å²) in [5.41, 5.74) is 0. The van der Waals surface area contributed by atoms with Crippen LogP contribution in [0.4, 0.5) is 0 Å². The number of ether oxygens (including phenoxy) is 2. The van der Waals surface area contributed by atoms with Crippen molar-refractivity contribution >= 4 is 0 Å². The molecule has 14 heavy (non-hydrogen) atoms. The fourth-order valence-corrected chi connectivity index (χ4v) is 1.32. The fraction of sp³-hybridized carbons (Fsp3) is 0.400. The molecule has 0 aliphatic carbocycles. The van der Waals surface area contributed by atoms with Crippen molar-refractivity contribution in [3.8, 4) is 11.5 Å². The molecular weight excluding hydrogens is 184 g/mol. The highest BCUT2D eigenvalue weighted by atomic mass is 16.7. The topological polar surface area (TPSA) is 58.9 Å². The van der Waals surface area contributed by atoms with Crippen LogP contribution in [0.1, 0.15) is 6.42 Å². The smallest absolute Gasteiger partial charge is 0.226 e. The van der Waals surface area contributed by atoms with E-state index < -0.39 is 12.4 Å². The first-order valence-electron chi connectivity index (χ1n) is 4.51. The van der Waals surface area contributed by atoms with Gasteiger partial charge in [0.15, 0.2) is 0 Å². The molecule has 1 aromatic rings. The lowest BCUT2D eigenvalue weighted by molar-refractivity contribution is -0.0891. The van der Waals surface area contributed by atoms with Gasteiger partial charge in [-0.2, -0.15) is 0 Å². The lowest BCUT2D eigenvalue weighted by Gasteiger charge is -2.15. The lowest BCUT2D eigenvalue weighted by Crippen LogP contribution is -2.27. The second kappa shape index (κ2) is 3.86. The number of phenolic OH excluding ortho intramolecular Hbond substituents is 1. The molecule has 4 heteroatoms. The van der Waals surface area contributed by atoms with Gasteiger partial charge in [0.2, 0.25) is 6.29 Å². The Labute approximate surface area is 81.7 Å². The van der Waals surface area contributed by atoms with Crippen molar-refractivity contribution in [1.29, 1.82) is 0 Å². The van der Waals surface area contributed by atoms with Crippen molar-refractivity contribution in [3.05, 3.63) is 24.3 Å². The van der Waals surface area contributed by atoms with Gasteiger partial charge >= 0.3 is 0 Å². The molecule has 2 rings (SSSR count). The number of benzene rings is 1. The molecule has 1 heterocycles. The largest absolute Gasteiger partial charge is 0.508 e. The van der Waals surface area contributed by atoms with Crippen LogP contribution in [0.25, 0.3) is 0 Å². The van der Waals surface area contributed by atoms with Gasteiger partial charge in [-0.15, -0.1) is 0 Å². The van der Waals surface area contributed by atoms with Crippen molar-refractivity contribution in [2.45, 2.75) is 18.8 Å². The molecule has 0 amide bonds. The van der Waals surface area contributed by atoms with Crippen LogP contribution < -0.4 is 4.74 Å². The molecule has 1 fully saturated rings. The second-order valence-electron chi connectivity index (χ2n) is 3.21. The van der Waals surface area contributed by atoms with Crippen LogP contribution >= 0.6 is 0 Å². The molecule has 1 saturated heterocycles. The summed E-state index contributed by atoms with van der Waals surface area (Å²) >= 11 is 0. The van der Waals surface area contributed by atoms with E-state index in [-0.39, 0.29) is 5.75 Å². The maximum Gasteiger partial charge on any atom is 0.226 e. The Balaban J connectivity index is 2.00. The summed E-state index contributed by atoms with van der Waals surface area (Å²) in [6.07, 6.45) is -0.550. The third-order valence-electron chi connectivity index (χ3n) is 2.10. The molecular formula is C10H12O4. The summed E-state index contributed by atoms with van der Waals surface area (Å²) in [4.78, 5) is 0. The third kappa shape index (κ3) is 1.97. The van der Waals surface area contributed by atoms with Gasteiger partial charge in [0.05, 0.1) is 6.61 Å². The number of aliphatic hydroxyl groups is 1. The van der Waals surface area contributed by atoms with Crippen molar-refractivity contribution in [2.24, 2.45) is 0 Å². The SMILES string of the molecule is Oc1ccc(OC2OCCC2O)cc1. The minimum Gasteiger partial charge on any atom is -0.508 e. The van der Waals surface area contributed by atoms with Crippen molar-refractivity contribution < 1.29 is 19.7 Å². The zero-order chi connectivity index (χ0) is 9.97. The maximum absolute atomic E-state index is 9.41. The van der Waals surface area contributed by atoms with Gasteiger partial charge in [0, 0.05) is 6.42 Å². The van der Waals surface area contributed by atoms with E-state index in [9.17, 15) is 5.11 Å². The van der Waals surface area contributed by atoms with Crippen molar-refractivity contribution in [3.63, 3.8) is 0 Å². The molecule has 0 aromatic heterocycles. The summed E-state index contributed by atoms with van der Waals surface area (Å²) in [6, 6.07) is 6.31. The minimum atomic E-state index is -0.584. The monoisotopic (exact) mass is 196 g/mol. The van der Waals surface area contributed by atoms with E-state index in [1.165, 1.54) is 12.1 Å². The van der Waals surface area contributed by atoms with Crippen LogP contribution in [-0.4, -0.2) is 29.2 Å². The lowest BCUT2D eigenvalue weighted by atomic mass is 10.3. The Kier molecular flexibility index (Phi) is 2.56. The first kappa shape index (κ1) is 9.30. The Morgan fingerprint density at radius 2 is 2.00 bits per heavy atom. The van der Waals surface area contributed by atoms with Gasteiger partial charge in [-0.05, 0) is 24.3 Å². The number of rotatable bonds is 2. The van der Waals surface area contributed by atoms with Gasteiger partial charge in [-0.25, -0.2) is 0 Å². The molecule has 0 spiro atoms. The maximum atomic E-state index is 9.41. The van der Waals surface area contributed by atoms with Crippen LogP contribution in [0.2, 0.25) is 0 Å². The number of phenols is 1. The molecule has 1 aliphatic rings. The number of aliphatic hydroxyl groups excluding tert-OH is 1. The molecule has 0 radical (unpaired) electrons. The van der Waals surface area contributed by atoms with Gasteiger partial charge in [0.25, 0.3) is 0 Å². The Morgan fingerprint density at radius 1 is 1.29 bits per heavy atom. The minimum absolute atomic E-state index is 0.185. The highest BCUT2D eigenvalue weighted by molar-refractivity contribution is 5.30. The standard InChI is InChI=1S/C10H12O4/c11-7-1-3-8(4-2-7)14-10-9(12)5-6-13-10/h1-4,9-12H,5-6H2. The number of aromatic hydroxyl groups is 1. The Bertz CT molecular complexity index is 295. The number of hydrogen-bond acceptors (Lipinski definition) is 4. The first-order valence-corrected chi connectivity index (χ1v) is 4.51. The molecule has 2 unspecified atom stereocenters. The average molecular weight is 196 g/mol. The molecule has 1 aromatic carbocycles. The van der Waals surface area contributed by atoms with Crippen LogP contribution in [0.15, 0.2) is 24.3 Å². The van der Waals surface area contributed by atoms with Crippen LogP contribution in [0, 0.1) is 0 Å². The fourth-order valence-electron chi connectivity index (χ4n) is 1.32. The highest BCUT2D eigenvalue weighted by Crippen LogP contribution is 2.21. The van der Waals surface area contributed by atoms with E-state index >= 15 is 0 Å². The molecule has 2 N–H and O–H groups in total. The van der Waals surface area contributed by atoms with Crippen LogP contribution in [0.3, 0.4) is 0 Å². The summed E-state index contributed by atoms with van der Waals surface area (Å²) in [5, 5.41) is 18.4. The zero-order valence-electron chi connectivity index (χ0n) is 7.59. The van der Waals surface area contributed by atoms with E-state index in [0.717, 1.165) is 0 Å². The van der Waals surface area contributed by atoms with Gasteiger partial charge in [-0.3, -0.25) is 0 Å². The van der Waals surface area contributed by atoms with Gasteiger partial charge in [0.1, 0.15) is 17.6 Å². The molecule has 0 bridgehead atoms. The van der Waals surface area contributed by atoms with E-state index in [2.05, 4.69) is 0 Å². The van der Waals surface area contributed by atoms with Crippen LogP contribution in [0.5, 0.6) is 11.5 Å². The summed E-state index contributed by atoms with van der Waals surface area (Å²) in [7, 11) is 0. The molecule has 0 saturated carbocycles. The first-order chi connectivity index (χ1) is 6.75. The van der Waals surface area contributed by atoms with E-state index in [0.29, 0.717) is 18.8 Å². The molecule has 4 nitrogen and oxygen atoms in total. The highest BCUT2D eigenvalue weighted by Gasteiger charge is 2.27. The third-order valence-corrected chi connectivity index (χ3v) is 2.10. The predicted octanol–water partition coefficient (Wildman–Crippen LogP) is 0.878. The van der Waals surface area contributed by atoms with E-state index in [1.807, 2.05) is 0 Å². The normalized spacial score (nSPS) is 26.4. The quantitative estimate of drug-likeness (QED) is 0.737. The van der Waals surface area contributed by atoms with Crippen molar-refractivity contribution in [1.82, 2.24) is 0 Å². The molecule has 76 valence electrons. The Morgan fingerprint density at radius 3 is 2.57 bits per heavy atom. The summed E-state index contributed by atoms with van der Waals surface area (Å²) < 4.78 is 10.5. The van der Waals surface area contributed by atoms with Crippen LogP contribution in [-0.2, 0) is 4.74 Å². The van der Waals surface area contributed by atoms with Gasteiger partial charge < -0.3 is 19.7 Å². The predicted molar refractivity (Wildman–Crippen MR) is 49.1 cm³/mol. The van der Waals surface area contributed by atoms with E-state index in [1.54, 1.807) is 12.1 Å². The summed E-state index contributed by atoms with van der Waals surface area (Å²) in [6.45, 7) is 0.518.